The summed E-state index contributed by atoms with van der Waals surface area (Å²) in [5.41, 5.74) is 1.26. The third-order valence-corrected chi connectivity index (χ3v) is 6.06. The van der Waals surface area contributed by atoms with E-state index in [2.05, 4.69) is 46.5 Å². The van der Waals surface area contributed by atoms with Crippen molar-refractivity contribution in [1.29, 1.82) is 0 Å². The lowest BCUT2D eigenvalue weighted by Crippen LogP contribution is -2.40. The predicted molar refractivity (Wildman–Crippen MR) is 107 cm³/mol. The molecular weight excluding hydrogens is 336 g/mol. The fraction of sp³-hybridized carbons (Fsp3) is 0.545. The molecule has 1 unspecified atom stereocenters. The molecule has 0 spiro atoms. The van der Waals surface area contributed by atoms with Crippen molar-refractivity contribution < 1.29 is 4.79 Å². The van der Waals surface area contributed by atoms with E-state index in [0.717, 1.165) is 31.1 Å². The number of hydrogen-bond acceptors (Lipinski definition) is 3. The van der Waals surface area contributed by atoms with Gasteiger partial charge in [0.2, 0.25) is 5.91 Å². The third kappa shape index (κ3) is 4.59. The number of aromatic nitrogens is 2. The van der Waals surface area contributed by atoms with E-state index in [0.29, 0.717) is 18.6 Å². The molecule has 0 bridgehead atoms. The lowest BCUT2D eigenvalue weighted by molar-refractivity contribution is -0.118. The zero-order valence-electron chi connectivity index (χ0n) is 16.2. The van der Waals surface area contributed by atoms with Gasteiger partial charge >= 0.3 is 0 Å². The number of benzene rings is 1. The SMILES string of the molecule is CC(C1CC1)N(CC(=O)Nc1ccnn1C1CCCC1)Cc1ccccc1. The molecule has 0 saturated heterocycles. The summed E-state index contributed by atoms with van der Waals surface area (Å²) < 4.78 is 2.01. The molecule has 4 rings (SSSR count). The summed E-state index contributed by atoms with van der Waals surface area (Å²) in [4.78, 5) is 15.1. The van der Waals surface area contributed by atoms with E-state index in [1.54, 1.807) is 6.20 Å². The van der Waals surface area contributed by atoms with Gasteiger partial charge in [0.1, 0.15) is 5.82 Å². The minimum Gasteiger partial charge on any atom is -0.310 e. The topological polar surface area (TPSA) is 50.2 Å². The highest BCUT2D eigenvalue weighted by Crippen LogP contribution is 2.35. The molecule has 1 amide bonds. The Morgan fingerprint density at radius 3 is 2.63 bits per heavy atom. The first-order valence-corrected chi connectivity index (χ1v) is 10.3. The Labute approximate surface area is 161 Å². The summed E-state index contributed by atoms with van der Waals surface area (Å²) in [6.45, 7) is 3.49. The summed E-state index contributed by atoms with van der Waals surface area (Å²) in [6, 6.07) is 13.2. The zero-order chi connectivity index (χ0) is 18.6. The van der Waals surface area contributed by atoms with Gasteiger partial charge in [0.25, 0.3) is 0 Å². The van der Waals surface area contributed by atoms with Crippen molar-refractivity contribution >= 4 is 11.7 Å². The number of rotatable bonds is 8. The highest BCUT2D eigenvalue weighted by Gasteiger charge is 2.33. The molecular formula is C22H30N4O. The number of hydrogen-bond donors (Lipinski definition) is 1. The van der Waals surface area contributed by atoms with Gasteiger partial charge in [0.05, 0.1) is 18.8 Å². The van der Waals surface area contributed by atoms with Gasteiger partial charge in [0.15, 0.2) is 0 Å². The van der Waals surface area contributed by atoms with Crippen molar-refractivity contribution in [3.05, 3.63) is 48.2 Å². The summed E-state index contributed by atoms with van der Waals surface area (Å²) in [5, 5.41) is 7.58. The summed E-state index contributed by atoms with van der Waals surface area (Å²) in [5.74, 6) is 1.62. The Hall–Kier alpha value is -2.14. The second kappa shape index (κ2) is 8.26. The Morgan fingerprint density at radius 1 is 1.19 bits per heavy atom. The van der Waals surface area contributed by atoms with Gasteiger partial charge < -0.3 is 5.32 Å². The van der Waals surface area contributed by atoms with E-state index in [9.17, 15) is 4.79 Å². The van der Waals surface area contributed by atoms with Gasteiger partial charge in [-0.1, -0.05) is 43.2 Å². The van der Waals surface area contributed by atoms with Crippen molar-refractivity contribution in [3.63, 3.8) is 0 Å². The largest absolute Gasteiger partial charge is 0.310 e. The number of carbonyl (C=O) groups excluding carboxylic acids is 1. The molecule has 2 aliphatic carbocycles. The van der Waals surface area contributed by atoms with Crippen LogP contribution in [0.25, 0.3) is 0 Å². The second-order valence-electron chi connectivity index (χ2n) is 8.12. The van der Waals surface area contributed by atoms with Gasteiger partial charge in [-0.2, -0.15) is 5.10 Å². The molecule has 1 heterocycles. The highest BCUT2D eigenvalue weighted by molar-refractivity contribution is 5.91. The van der Waals surface area contributed by atoms with Crippen LogP contribution in [0.4, 0.5) is 5.82 Å². The average Bonchev–Trinajstić information content (AvgIpc) is 3.18. The molecule has 5 heteroatoms. The quantitative estimate of drug-likeness (QED) is 0.760. The Balaban J connectivity index is 1.41. The average molecular weight is 367 g/mol. The maximum Gasteiger partial charge on any atom is 0.239 e. The first kappa shape index (κ1) is 18.2. The molecule has 1 atom stereocenters. The fourth-order valence-electron chi connectivity index (χ4n) is 4.26. The Morgan fingerprint density at radius 2 is 1.93 bits per heavy atom. The predicted octanol–water partition coefficient (Wildman–Crippen LogP) is 4.24. The van der Waals surface area contributed by atoms with Gasteiger partial charge in [-0.25, -0.2) is 4.68 Å². The fourth-order valence-corrected chi connectivity index (χ4v) is 4.26. The van der Waals surface area contributed by atoms with Crippen molar-refractivity contribution in [2.45, 2.75) is 64.1 Å². The molecule has 1 aromatic heterocycles. The molecule has 0 radical (unpaired) electrons. The second-order valence-corrected chi connectivity index (χ2v) is 8.12. The number of carbonyl (C=O) groups is 1. The molecule has 2 saturated carbocycles. The van der Waals surface area contributed by atoms with E-state index >= 15 is 0 Å². The number of anilines is 1. The number of nitrogens with zero attached hydrogens (tertiary/aromatic N) is 3. The summed E-state index contributed by atoms with van der Waals surface area (Å²) >= 11 is 0. The van der Waals surface area contributed by atoms with Crippen LogP contribution in [0.5, 0.6) is 0 Å². The van der Waals surface area contributed by atoms with Crippen molar-refractivity contribution in [2.75, 3.05) is 11.9 Å². The molecule has 2 aromatic rings. The molecule has 27 heavy (non-hydrogen) atoms. The smallest absolute Gasteiger partial charge is 0.239 e. The maximum atomic E-state index is 12.8. The van der Waals surface area contributed by atoms with Crippen LogP contribution in [-0.4, -0.2) is 33.2 Å². The Kier molecular flexibility index (Phi) is 5.58. The van der Waals surface area contributed by atoms with Crippen molar-refractivity contribution in [3.8, 4) is 0 Å². The van der Waals surface area contributed by atoms with Crippen LogP contribution < -0.4 is 5.32 Å². The summed E-state index contributed by atoms with van der Waals surface area (Å²) in [6.07, 6.45) is 9.17. The molecule has 2 fully saturated rings. The molecule has 1 N–H and O–H groups in total. The molecule has 5 nitrogen and oxygen atoms in total. The van der Waals surface area contributed by atoms with Gasteiger partial charge in [0, 0.05) is 18.7 Å². The monoisotopic (exact) mass is 366 g/mol. The normalized spacial score (nSPS) is 18.7. The molecule has 0 aliphatic heterocycles. The van der Waals surface area contributed by atoms with Gasteiger partial charge in [-0.3, -0.25) is 9.69 Å². The van der Waals surface area contributed by atoms with Crippen LogP contribution in [-0.2, 0) is 11.3 Å². The number of amides is 1. The van der Waals surface area contributed by atoms with E-state index in [4.69, 9.17) is 0 Å². The first-order valence-electron chi connectivity index (χ1n) is 10.3. The van der Waals surface area contributed by atoms with E-state index < -0.39 is 0 Å². The van der Waals surface area contributed by atoms with Crippen molar-refractivity contribution in [2.24, 2.45) is 5.92 Å². The van der Waals surface area contributed by atoms with Crippen molar-refractivity contribution in [1.82, 2.24) is 14.7 Å². The zero-order valence-corrected chi connectivity index (χ0v) is 16.2. The van der Waals surface area contributed by atoms with Crippen LogP contribution in [0, 0.1) is 5.92 Å². The molecule has 1 aromatic carbocycles. The third-order valence-electron chi connectivity index (χ3n) is 6.06. The maximum absolute atomic E-state index is 12.8. The lowest BCUT2D eigenvalue weighted by atomic mass is 10.1. The lowest BCUT2D eigenvalue weighted by Gasteiger charge is -2.29. The van der Waals surface area contributed by atoms with Gasteiger partial charge in [-0.15, -0.1) is 0 Å². The molecule has 144 valence electrons. The minimum atomic E-state index is 0.0539. The van der Waals surface area contributed by atoms with E-state index in [1.165, 1.54) is 31.2 Å². The highest BCUT2D eigenvalue weighted by atomic mass is 16.2. The number of nitrogens with one attached hydrogen (secondary N) is 1. The first-order chi connectivity index (χ1) is 13.2. The standard InChI is InChI=1S/C22H30N4O/c1-17(19-11-12-19)25(15-18-7-3-2-4-8-18)16-22(27)24-21-13-14-23-26(21)20-9-5-6-10-20/h2-4,7-8,13-14,17,19-20H,5-6,9-12,15-16H2,1H3,(H,24,27). The van der Waals surface area contributed by atoms with Crippen LogP contribution in [0.3, 0.4) is 0 Å². The van der Waals surface area contributed by atoms with Crippen LogP contribution in [0.2, 0.25) is 0 Å². The van der Waals surface area contributed by atoms with E-state index in [-0.39, 0.29) is 5.91 Å². The minimum absolute atomic E-state index is 0.0539. The van der Waals surface area contributed by atoms with Crippen LogP contribution >= 0.6 is 0 Å². The summed E-state index contributed by atoms with van der Waals surface area (Å²) in [7, 11) is 0. The van der Waals surface area contributed by atoms with E-state index in [1.807, 2.05) is 16.8 Å². The molecule has 2 aliphatic rings. The van der Waals surface area contributed by atoms with Gasteiger partial charge in [-0.05, 0) is 44.1 Å². The van der Waals surface area contributed by atoms with Crippen LogP contribution in [0.15, 0.2) is 42.6 Å². The Bertz CT molecular complexity index is 747. The van der Waals surface area contributed by atoms with Crippen LogP contribution in [0.1, 0.15) is 57.1 Å².